The second-order valence-electron chi connectivity index (χ2n) is 3.77. The molecule has 2 unspecified atom stereocenters. The number of carbonyl (C=O) groups excluding carboxylic acids is 1. The third-order valence-electron chi connectivity index (χ3n) is 2.92. The lowest BCUT2D eigenvalue weighted by molar-refractivity contribution is -0.154. The summed E-state index contributed by atoms with van der Waals surface area (Å²) in [5, 5.41) is 0. The summed E-state index contributed by atoms with van der Waals surface area (Å²) in [6.45, 7) is 9.18. The van der Waals surface area contributed by atoms with Crippen LogP contribution in [0.3, 0.4) is 0 Å². The summed E-state index contributed by atoms with van der Waals surface area (Å²) in [6, 6.07) is 0. The zero-order valence-electron chi connectivity index (χ0n) is 8.91. The van der Waals surface area contributed by atoms with Crippen LogP contribution >= 0.6 is 0 Å². The van der Waals surface area contributed by atoms with Crippen LogP contribution in [-0.4, -0.2) is 25.8 Å². The number of rotatable bonds is 4. The minimum absolute atomic E-state index is 0.189. The van der Waals surface area contributed by atoms with Gasteiger partial charge >= 0.3 is 5.97 Å². The van der Waals surface area contributed by atoms with Crippen LogP contribution in [-0.2, 0) is 14.3 Å². The Morgan fingerprint density at radius 2 is 2.50 bits per heavy atom. The molecule has 2 atom stereocenters. The molecule has 0 aliphatic carbocycles. The van der Waals surface area contributed by atoms with E-state index in [1.54, 1.807) is 6.08 Å². The van der Waals surface area contributed by atoms with Crippen LogP contribution in [0.5, 0.6) is 0 Å². The van der Waals surface area contributed by atoms with Gasteiger partial charge in [0.15, 0.2) is 0 Å². The standard InChI is InChI=1S/C11H18O3/c1-4-11(3,10(12)14-5-2)9-6-7-13-8-9/h4,9H,1,5-8H2,2-3H3. The smallest absolute Gasteiger partial charge is 0.316 e. The molecule has 1 rings (SSSR count). The van der Waals surface area contributed by atoms with Gasteiger partial charge in [0, 0.05) is 12.5 Å². The molecule has 3 nitrogen and oxygen atoms in total. The van der Waals surface area contributed by atoms with Gasteiger partial charge in [0.05, 0.1) is 18.6 Å². The van der Waals surface area contributed by atoms with Gasteiger partial charge in [-0.3, -0.25) is 4.79 Å². The molecule has 0 radical (unpaired) electrons. The molecule has 1 aliphatic heterocycles. The average molecular weight is 198 g/mol. The predicted octanol–water partition coefficient (Wildman–Crippen LogP) is 1.78. The Balaban J connectivity index is 2.73. The number of hydrogen-bond acceptors (Lipinski definition) is 3. The molecule has 0 aromatic carbocycles. The van der Waals surface area contributed by atoms with Crippen molar-refractivity contribution in [2.45, 2.75) is 20.3 Å². The number of hydrogen-bond donors (Lipinski definition) is 0. The molecule has 80 valence electrons. The summed E-state index contributed by atoms with van der Waals surface area (Å²) in [6.07, 6.45) is 2.59. The van der Waals surface area contributed by atoms with Crippen molar-refractivity contribution in [3.63, 3.8) is 0 Å². The highest BCUT2D eigenvalue weighted by Crippen LogP contribution is 2.35. The molecule has 0 aromatic rings. The third-order valence-corrected chi connectivity index (χ3v) is 2.92. The number of carbonyl (C=O) groups is 1. The molecule has 0 amide bonds. The van der Waals surface area contributed by atoms with E-state index < -0.39 is 5.41 Å². The molecule has 1 saturated heterocycles. The summed E-state index contributed by atoms with van der Waals surface area (Å²) < 4.78 is 10.3. The minimum atomic E-state index is -0.591. The molecule has 0 bridgehead atoms. The van der Waals surface area contributed by atoms with Gasteiger partial charge in [-0.1, -0.05) is 6.08 Å². The largest absolute Gasteiger partial charge is 0.465 e. The number of esters is 1. The molecular weight excluding hydrogens is 180 g/mol. The highest BCUT2D eigenvalue weighted by Gasteiger charge is 2.41. The second kappa shape index (κ2) is 4.60. The van der Waals surface area contributed by atoms with E-state index in [1.807, 2.05) is 13.8 Å². The van der Waals surface area contributed by atoms with Crippen LogP contribution in [0.1, 0.15) is 20.3 Å². The fourth-order valence-corrected chi connectivity index (χ4v) is 1.71. The average Bonchev–Trinajstić information content (AvgIpc) is 2.70. The maximum Gasteiger partial charge on any atom is 0.316 e. The van der Waals surface area contributed by atoms with Crippen molar-refractivity contribution in [3.05, 3.63) is 12.7 Å². The Hall–Kier alpha value is -0.830. The van der Waals surface area contributed by atoms with E-state index in [2.05, 4.69) is 6.58 Å². The van der Waals surface area contributed by atoms with Crippen molar-refractivity contribution in [3.8, 4) is 0 Å². The van der Waals surface area contributed by atoms with Gasteiger partial charge in [-0.25, -0.2) is 0 Å². The van der Waals surface area contributed by atoms with E-state index in [1.165, 1.54) is 0 Å². The molecule has 0 N–H and O–H groups in total. The van der Waals surface area contributed by atoms with Crippen molar-refractivity contribution in [1.29, 1.82) is 0 Å². The predicted molar refractivity (Wildman–Crippen MR) is 53.9 cm³/mol. The summed E-state index contributed by atoms with van der Waals surface area (Å²) in [4.78, 5) is 11.7. The third kappa shape index (κ3) is 1.98. The monoisotopic (exact) mass is 198 g/mol. The van der Waals surface area contributed by atoms with E-state index in [9.17, 15) is 4.79 Å². The van der Waals surface area contributed by atoms with Crippen molar-refractivity contribution < 1.29 is 14.3 Å². The maximum atomic E-state index is 11.7. The fourth-order valence-electron chi connectivity index (χ4n) is 1.71. The van der Waals surface area contributed by atoms with Gasteiger partial charge in [0.25, 0.3) is 0 Å². The Kier molecular flexibility index (Phi) is 3.69. The second-order valence-corrected chi connectivity index (χ2v) is 3.77. The van der Waals surface area contributed by atoms with Gasteiger partial charge in [-0.05, 0) is 20.3 Å². The maximum absolute atomic E-state index is 11.7. The molecule has 1 fully saturated rings. The lowest BCUT2D eigenvalue weighted by Crippen LogP contribution is -2.36. The topological polar surface area (TPSA) is 35.5 Å². The van der Waals surface area contributed by atoms with Crippen LogP contribution in [0.25, 0.3) is 0 Å². The van der Waals surface area contributed by atoms with E-state index in [4.69, 9.17) is 9.47 Å². The first-order valence-electron chi connectivity index (χ1n) is 5.03. The quantitative estimate of drug-likeness (QED) is 0.510. The molecular formula is C11H18O3. The lowest BCUT2D eigenvalue weighted by atomic mass is 9.76. The molecule has 1 aliphatic rings. The van der Waals surface area contributed by atoms with Crippen LogP contribution in [0.15, 0.2) is 12.7 Å². The normalized spacial score (nSPS) is 25.4. The van der Waals surface area contributed by atoms with Crippen molar-refractivity contribution in [2.24, 2.45) is 11.3 Å². The zero-order valence-corrected chi connectivity index (χ0v) is 8.91. The summed E-state index contributed by atoms with van der Waals surface area (Å²) in [5.74, 6) is 0.0181. The first kappa shape index (κ1) is 11.2. The van der Waals surface area contributed by atoms with Crippen LogP contribution in [0.4, 0.5) is 0 Å². The van der Waals surface area contributed by atoms with Crippen LogP contribution in [0, 0.1) is 11.3 Å². The molecule has 0 aromatic heterocycles. The molecule has 1 heterocycles. The molecule has 14 heavy (non-hydrogen) atoms. The Labute approximate surface area is 85.1 Å². The van der Waals surface area contributed by atoms with Gasteiger partial charge in [0.1, 0.15) is 0 Å². The molecule has 3 heteroatoms. The highest BCUT2D eigenvalue weighted by molar-refractivity contribution is 5.79. The van der Waals surface area contributed by atoms with E-state index in [0.29, 0.717) is 13.2 Å². The Morgan fingerprint density at radius 3 is 2.93 bits per heavy atom. The van der Waals surface area contributed by atoms with Gasteiger partial charge < -0.3 is 9.47 Å². The lowest BCUT2D eigenvalue weighted by Gasteiger charge is -2.28. The first-order chi connectivity index (χ1) is 6.65. The highest BCUT2D eigenvalue weighted by atomic mass is 16.5. The Bertz CT molecular complexity index is 219. The fraction of sp³-hybridized carbons (Fsp3) is 0.727. The summed E-state index contributed by atoms with van der Waals surface area (Å²) in [7, 11) is 0. The van der Waals surface area contributed by atoms with E-state index in [0.717, 1.165) is 13.0 Å². The van der Waals surface area contributed by atoms with Crippen molar-refractivity contribution >= 4 is 5.97 Å². The van der Waals surface area contributed by atoms with Gasteiger partial charge in [0.2, 0.25) is 0 Å². The SMILES string of the molecule is C=CC(C)(C(=O)OCC)C1CCOC1. The van der Waals surface area contributed by atoms with Crippen LogP contribution < -0.4 is 0 Å². The summed E-state index contributed by atoms with van der Waals surface area (Å²) >= 11 is 0. The van der Waals surface area contributed by atoms with Gasteiger partial charge in [-0.2, -0.15) is 0 Å². The van der Waals surface area contributed by atoms with Gasteiger partial charge in [-0.15, -0.1) is 6.58 Å². The molecule has 0 saturated carbocycles. The first-order valence-corrected chi connectivity index (χ1v) is 5.03. The molecule has 0 spiro atoms. The van der Waals surface area contributed by atoms with E-state index in [-0.39, 0.29) is 11.9 Å². The Morgan fingerprint density at radius 1 is 1.79 bits per heavy atom. The van der Waals surface area contributed by atoms with Crippen LogP contribution in [0.2, 0.25) is 0 Å². The number of ether oxygens (including phenoxy) is 2. The summed E-state index contributed by atoms with van der Waals surface area (Å²) in [5.41, 5.74) is -0.591. The zero-order chi connectivity index (χ0) is 10.6. The minimum Gasteiger partial charge on any atom is -0.465 e. The van der Waals surface area contributed by atoms with Crippen molar-refractivity contribution in [1.82, 2.24) is 0 Å². The van der Waals surface area contributed by atoms with Crippen molar-refractivity contribution in [2.75, 3.05) is 19.8 Å². The van der Waals surface area contributed by atoms with E-state index >= 15 is 0 Å².